The molecule has 0 aromatic rings. The van der Waals surface area contributed by atoms with Gasteiger partial charge >= 0.3 is 6.09 Å². The van der Waals surface area contributed by atoms with Crippen molar-refractivity contribution in [1.29, 1.82) is 0 Å². The predicted molar refractivity (Wildman–Crippen MR) is 65.3 cm³/mol. The fourth-order valence-corrected chi connectivity index (χ4v) is 3.65. The number of alkyl carbamates (subject to hydrolysis) is 1. The van der Waals surface area contributed by atoms with Crippen LogP contribution in [0, 0.1) is 16.7 Å². The van der Waals surface area contributed by atoms with Gasteiger partial charge < -0.3 is 10.1 Å². The van der Waals surface area contributed by atoms with Crippen LogP contribution >= 0.6 is 0 Å². The van der Waals surface area contributed by atoms with E-state index in [1.165, 1.54) is 20.0 Å². The maximum atomic E-state index is 11.1. The average Bonchev–Trinajstić information content (AvgIpc) is 2.10. The molecule has 1 aliphatic carbocycles. The third kappa shape index (κ3) is 3.69. The highest BCUT2D eigenvalue weighted by molar-refractivity contribution is 5.66. The van der Waals surface area contributed by atoms with Crippen molar-refractivity contribution >= 4 is 6.09 Å². The molecule has 2 atom stereocenters. The van der Waals surface area contributed by atoms with E-state index in [1.54, 1.807) is 0 Å². The van der Waals surface area contributed by atoms with E-state index in [-0.39, 0.29) is 11.5 Å². The first-order chi connectivity index (χ1) is 7.26. The topological polar surface area (TPSA) is 38.3 Å². The van der Waals surface area contributed by atoms with Crippen molar-refractivity contribution in [2.75, 3.05) is 13.7 Å². The molecule has 1 aliphatic rings. The Morgan fingerprint density at radius 3 is 2.50 bits per heavy atom. The Kier molecular flexibility index (Phi) is 3.87. The fraction of sp³-hybridized carbons (Fsp3) is 0.923. The second kappa shape index (κ2) is 4.64. The van der Waals surface area contributed by atoms with Gasteiger partial charge in [-0.1, -0.05) is 27.7 Å². The molecule has 3 nitrogen and oxygen atoms in total. The zero-order valence-corrected chi connectivity index (χ0v) is 11.2. The van der Waals surface area contributed by atoms with Crippen LogP contribution in [-0.2, 0) is 4.74 Å². The van der Waals surface area contributed by atoms with Crippen molar-refractivity contribution in [3.8, 4) is 0 Å². The molecule has 1 rings (SSSR count). The Morgan fingerprint density at radius 2 is 2.00 bits per heavy atom. The second-order valence-electron chi connectivity index (χ2n) is 6.51. The van der Waals surface area contributed by atoms with E-state index >= 15 is 0 Å². The zero-order chi connectivity index (χ0) is 12.4. The molecule has 1 saturated carbocycles. The maximum Gasteiger partial charge on any atom is 0.406 e. The van der Waals surface area contributed by atoms with E-state index in [2.05, 4.69) is 37.7 Å². The number of nitrogens with one attached hydrogen (secondary N) is 1. The first-order valence-corrected chi connectivity index (χ1v) is 6.08. The molecule has 1 N–H and O–H groups in total. The van der Waals surface area contributed by atoms with E-state index in [9.17, 15) is 4.79 Å². The first kappa shape index (κ1) is 13.3. The fourth-order valence-electron chi connectivity index (χ4n) is 3.65. The number of hydrogen-bond donors (Lipinski definition) is 1. The summed E-state index contributed by atoms with van der Waals surface area (Å²) < 4.78 is 4.62. The van der Waals surface area contributed by atoms with Gasteiger partial charge in [0.2, 0.25) is 0 Å². The number of carbonyl (C=O) groups is 1. The summed E-state index contributed by atoms with van der Waals surface area (Å²) in [5, 5.41) is 2.84. The van der Waals surface area contributed by atoms with Crippen LogP contribution in [0.3, 0.4) is 0 Å². The van der Waals surface area contributed by atoms with Gasteiger partial charge in [0.15, 0.2) is 0 Å². The molecular weight excluding hydrogens is 202 g/mol. The lowest BCUT2D eigenvalue weighted by atomic mass is 9.61. The van der Waals surface area contributed by atoms with Crippen LogP contribution in [0.4, 0.5) is 4.79 Å². The summed E-state index contributed by atoms with van der Waals surface area (Å²) in [5.41, 5.74) is 0.583. The maximum absolute atomic E-state index is 11.1. The predicted octanol–water partition coefficient (Wildman–Crippen LogP) is 3.19. The lowest BCUT2D eigenvalue weighted by Crippen LogP contribution is -2.43. The summed E-state index contributed by atoms with van der Waals surface area (Å²) in [6, 6.07) is 0. The summed E-state index contributed by atoms with van der Waals surface area (Å²) in [6.07, 6.45) is 3.30. The van der Waals surface area contributed by atoms with Crippen molar-refractivity contribution < 1.29 is 9.53 Å². The highest BCUT2D eigenvalue weighted by Gasteiger charge is 2.39. The highest BCUT2D eigenvalue weighted by atomic mass is 16.5. The molecule has 16 heavy (non-hydrogen) atoms. The van der Waals surface area contributed by atoms with Gasteiger partial charge in [-0.3, -0.25) is 0 Å². The van der Waals surface area contributed by atoms with Crippen LogP contribution in [0.1, 0.15) is 47.0 Å². The Labute approximate surface area is 98.9 Å². The summed E-state index contributed by atoms with van der Waals surface area (Å²) >= 11 is 0. The van der Waals surface area contributed by atoms with Gasteiger partial charge in [-0.05, 0) is 36.0 Å². The van der Waals surface area contributed by atoms with Crippen LogP contribution in [0.5, 0.6) is 0 Å². The molecule has 0 aromatic heterocycles. The standard InChI is InChI=1S/C13H25NO2/c1-10-6-12(2,3)8-13(4,7-10)9-14-11(15)16-5/h10H,6-9H2,1-5H3,(H,14,15)/t10-,13?/m1/s1. The van der Waals surface area contributed by atoms with Gasteiger partial charge in [0.1, 0.15) is 0 Å². The number of carbonyl (C=O) groups excluding carboxylic acids is 1. The molecular formula is C13H25NO2. The highest BCUT2D eigenvalue weighted by Crippen LogP contribution is 2.48. The van der Waals surface area contributed by atoms with Crippen LogP contribution in [0.2, 0.25) is 0 Å². The van der Waals surface area contributed by atoms with E-state index in [4.69, 9.17) is 0 Å². The molecule has 1 amide bonds. The lowest BCUT2D eigenvalue weighted by Gasteiger charge is -2.45. The van der Waals surface area contributed by atoms with Gasteiger partial charge in [-0.25, -0.2) is 4.79 Å². The second-order valence-corrected chi connectivity index (χ2v) is 6.51. The summed E-state index contributed by atoms with van der Waals surface area (Å²) in [4.78, 5) is 11.1. The van der Waals surface area contributed by atoms with Crippen molar-refractivity contribution in [3.05, 3.63) is 0 Å². The van der Waals surface area contributed by atoms with Crippen molar-refractivity contribution in [1.82, 2.24) is 5.32 Å². The number of methoxy groups -OCH3 is 1. The summed E-state index contributed by atoms with van der Waals surface area (Å²) in [6.45, 7) is 9.92. The number of rotatable bonds is 2. The summed E-state index contributed by atoms with van der Waals surface area (Å²) in [7, 11) is 1.41. The average molecular weight is 227 g/mol. The van der Waals surface area contributed by atoms with E-state index in [0.717, 1.165) is 12.3 Å². The first-order valence-electron chi connectivity index (χ1n) is 6.08. The molecule has 3 heteroatoms. The van der Waals surface area contributed by atoms with E-state index in [0.29, 0.717) is 12.0 Å². The number of hydrogen-bond acceptors (Lipinski definition) is 2. The minimum Gasteiger partial charge on any atom is -0.453 e. The number of ether oxygens (including phenoxy) is 1. The molecule has 0 heterocycles. The smallest absolute Gasteiger partial charge is 0.406 e. The van der Waals surface area contributed by atoms with Crippen molar-refractivity contribution in [2.45, 2.75) is 47.0 Å². The molecule has 0 saturated heterocycles. The van der Waals surface area contributed by atoms with Gasteiger partial charge in [0, 0.05) is 6.54 Å². The van der Waals surface area contributed by atoms with Crippen LogP contribution in [0.25, 0.3) is 0 Å². The van der Waals surface area contributed by atoms with Crippen LogP contribution in [-0.4, -0.2) is 19.7 Å². The molecule has 1 fully saturated rings. The lowest BCUT2D eigenvalue weighted by molar-refractivity contribution is 0.0595. The van der Waals surface area contributed by atoms with Gasteiger partial charge in [-0.15, -0.1) is 0 Å². The zero-order valence-electron chi connectivity index (χ0n) is 11.2. The molecule has 0 aliphatic heterocycles. The number of amides is 1. The SMILES string of the molecule is COC(=O)NCC1(C)C[C@H](C)CC(C)(C)C1. The van der Waals surface area contributed by atoms with E-state index in [1.807, 2.05) is 0 Å². The minimum atomic E-state index is -0.322. The quantitative estimate of drug-likeness (QED) is 0.786. The third-order valence-electron chi connectivity index (χ3n) is 3.49. The molecule has 1 unspecified atom stereocenters. The Balaban J connectivity index is 2.58. The minimum absolute atomic E-state index is 0.204. The Hall–Kier alpha value is -0.730. The van der Waals surface area contributed by atoms with Crippen LogP contribution in [0.15, 0.2) is 0 Å². The van der Waals surface area contributed by atoms with Crippen molar-refractivity contribution in [3.63, 3.8) is 0 Å². The Bertz CT molecular complexity index is 263. The summed E-state index contributed by atoms with van der Waals surface area (Å²) in [5.74, 6) is 0.730. The van der Waals surface area contributed by atoms with Crippen molar-refractivity contribution in [2.24, 2.45) is 16.7 Å². The van der Waals surface area contributed by atoms with Gasteiger partial charge in [0.05, 0.1) is 7.11 Å². The normalized spacial score (nSPS) is 33.2. The molecule has 0 spiro atoms. The molecule has 0 aromatic carbocycles. The van der Waals surface area contributed by atoms with E-state index < -0.39 is 0 Å². The largest absolute Gasteiger partial charge is 0.453 e. The molecule has 94 valence electrons. The van der Waals surface area contributed by atoms with Crippen LogP contribution < -0.4 is 5.32 Å². The molecule has 0 bridgehead atoms. The van der Waals surface area contributed by atoms with Gasteiger partial charge in [-0.2, -0.15) is 0 Å². The van der Waals surface area contributed by atoms with Gasteiger partial charge in [0.25, 0.3) is 0 Å². The molecule has 0 radical (unpaired) electrons. The third-order valence-corrected chi connectivity index (χ3v) is 3.49. The Morgan fingerprint density at radius 1 is 1.38 bits per heavy atom. The monoisotopic (exact) mass is 227 g/mol.